The summed E-state index contributed by atoms with van der Waals surface area (Å²) in [5.41, 5.74) is 3.90. The average Bonchev–Trinajstić information content (AvgIpc) is 2.96. The predicted molar refractivity (Wildman–Crippen MR) is 152 cm³/mol. The number of ether oxygens (including phenoxy) is 2. The second-order valence-corrected chi connectivity index (χ2v) is 9.29. The summed E-state index contributed by atoms with van der Waals surface area (Å²) in [6, 6.07) is 35.1. The van der Waals surface area contributed by atoms with Gasteiger partial charge in [-0.2, -0.15) is 0 Å². The third-order valence-electron chi connectivity index (χ3n) is 6.40. The summed E-state index contributed by atoms with van der Waals surface area (Å²) in [4.78, 5) is 24.8. The molecule has 0 aliphatic carbocycles. The average molecular weight is 507 g/mol. The molecule has 38 heavy (non-hydrogen) atoms. The number of rotatable bonds is 13. The molecule has 0 radical (unpaired) electrons. The van der Waals surface area contributed by atoms with Gasteiger partial charge in [0.05, 0.1) is 0 Å². The highest BCUT2D eigenvalue weighted by atomic mass is 16.5. The minimum absolute atomic E-state index is 0.202. The predicted octanol–water partition coefficient (Wildman–Crippen LogP) is 8.65. The first-order chi connectivity index (χ1) is 18.7. The van der Waals surface area contributed by atoms with Gasteiger partial charge in [-0.3, -0.25) is 9.59 Å². The molecule has 4 heteroatoms. The van der Waals surface area contributed by atoms with Crippen LogP contribution in [0.3, 0.4) is 0 Å². The molecule has 4 rings (SSSR count). The first-order valence-electron chi connectivity index (χ1n) is 13.4. The highest BCUT2D eigenvalue weighted by molar-refractivity contribution is 5.79. The van der Waals surface area contributed by atoms with Crippen LogP contribution in [0.1, 0.15) is 51.4 Å². The molecular weight excluding hydrogens is 472 g/mol. The van der Waals surface area contributed by atoms with Crippen molar-refractivity contribution in [1.29, 1.82) is 0 Å². The molecule has 0 unspecified atom stereocenters. The molecule has 0 saturated carbocycles. The molecule has 0 fully saturated rings. The summed E-state index contributed by atoms with van der Waals surface area (Å²) >= 11 is 0. The van der Waals surface area contributed by atoms with Gasteiger partial charge in [0.15, 0.2) is 0 Å². The molecule has 4 nitrogen and oxygen atoms in total. The Kier molecular flexibility index (Phi) is 10.3. The maximum atomic E-state index is 12.4. The molecule has 0 saturated heterocycles. The zero-order chi connectivity index (χ0) is 26.4. The minimum Gasteiger partial charge on any atom is -0.426 e. The molecule has 4 aromatic carbocycles. The number of carbonyl (C=O) groups is 2. The second kappa shape index (κ2) is 14.5. The Morgan fingerprint density at radius 3 is 1.18 bits per heavy atom. The largest absolute Gasteiger partial charge is 0.426 e. The van der Waals surface area contributed by atoms with Gasteiger partial charge in [-0.05, 0) is 36.1 Å². The van der Waals surface area contributed by atoms with Crippen molar-refractivity contribution in [2.75, 3.05) is 0 Å². The second-order valence-electron chi connectivity index (χ2n) is 9.29. The van der Waals surface area contributed by atoms with Gasteiger partial charge in [0.1, 0.15) is 11.5 Å². The topological polar surface area (TPSA) is 52.6 Å². The molecule has 194 valence electrons. The summed E-state index contributed by atoms with van der Waals surface area (Å²) in [7, 11) is 0. The molecular formula is C34H34O4. The van der Waals surface area contributed by atoms with Crippen molar-refractivity contribution >= 4 is 11.9 Å². The summed E-state index contributed by atoms with van der Waals surface area (Å²) in [5.74, 6) is 0.794. The van der Waals surface area contributed by atoms with E-state index in [1.54, 1.807) is 0 Å². The monoisotopic (exact) mass is 506 g/mol. The van der Waals surface area contributed by atoms with E-state index in [4.69, 9.17) is 9.47 Å². The standard InChI is InChI=1S/C34H34O4/c35-33(37-31-23-15-13-21-29(31)27-17-7-5-8-18-27)25-11-3-1-2-4-12-26-34(36)38-32-24-16-14-22-30(32)28-19-9-6-10-20-28/h5-10,13-24H,1-4,11-12,25-26H2. The van der Waals surface area contributed by atoms with E-state index in [1.165, 1.54) is 0 Å². The van der Waals surface area contributed by atoms with Gasteiger partial charge < -0.3 is 9.47 Å². The Morgan fingerprint density at radius 1 is 0.421 bits per heavy atom. The quantitative estimate of drug-likeness (QED) is 0.103. The Bertz CT molecular complexity index is 1200. The number of carbonyl (C=O) groups excluding carboxylic acids is 2. The number of para-hydroxylation sites is 2. The zero-order valence-electron chi connectivity index (χ0n) is 21.7. The van der Waals surface area contributed by atoms with E-state index in [2.05, 4.69) is 0 Å². The maximum Gasteiger partial charge on any atom is 0.311 e. The third kappa shape index (κ3) is 8.17. The van der Waals surface area contributed by atoms with Crippen LogP contribution in [0.15, 0.2) is 109 Å². The van der Waals surface area contributed by atoms with Gasteiger partial charge >= 0.3 is 11.9 Å². The van der Waals surface area contributed by atoms with E-state index in [0.717, 1.165) is 60.8 Å². The summed E-state index contributed by atoms with van der Waals surface area (Å²) in [6.07, 6.45) is 6.37. The van der Waals surface area contributed by atoms with E-state index in [1.807, 2.05) is 109 Å². The minimum atomic E-state index is -0.202. The van der Waals surface area contributed by atoms with Crippen LogP contribution < -0.4 is 9.47 Å². The van der Waals surface area contributed by atoms with E-state index in [-0.39, 0.29) is 11.9 Å². The molecule has 0 amide bonds. The number of unbranched alkanes of at least 4 members (excludes halogenated alkanes) is 5. The number of esters is 2. The molecule has 0 aromatic heterocycles. The van der Waals surface area contributed by atoms with Crippen LogP contribution in [0.5, 0.6) is 11.5 Å². The SMILES string of the molecule is O=C(CCCCCCCCC(=O)Oc1ccccc1-c1ccccc1)Oc1ccccc1-c1ccccc1. The fraction of sp³-hybridized carbons (Fsp3) is 0.235. The van der Waals surface area contributed by atoms with Crippen molar-refractivity contribution in [2.24, 2.45) is 0 Å². The number of benzene rings is 4. The summed E-state index contributed by atoms with van der Waals surface area (Å²) in [5, 5.41) is 0. The first-order valence-corrected chi connectivity index (χ1v) is 13.4. The first kappa shape index (κ1) is 26.9. The normalized spacial score (nSPS) is 10.6. The van der Waals surface area contributed by atoms with E-state index in [0.29, 0.717) is 24.3 Å². The van der Waals surface area contributed by atoms with Crippen molar-refractivity contribution in [3.63, 3.8) is 0 Å². The van der Waals surface area contributed by atoms with Gasteiger partial charge in [0, 0.05) is 24.0 Å². The van der Waals surface area contributed by atoms with Crippen LogP contribution >= 0.6 is 0 Å². The Hall–Kier alpha value is -4.18. The van der Waals surface area contributed by atoms with Crippen molar-refractivity contribution in [1.82, 2.24) is 0 Å². The highest BCUT2D eigenvalue weighted by Crippen LogP contribution is 2.31. The summed E-state index contributed by atoms with van der Waals surface area (Å²) < 4.78 is 11.3. The van der Waals surface area contributed by atoms with E-state index in [9.17, 15) is 9.59 Å². The fourth-order valence-electron chi connectivity index (χ4n) is 4.42. The van der Waals surface area contributed by atoms with Gasteiger partial charge in [0.25, 0.3) is 0 Å². The smallest absolute Gasteiger partial charge is 0.311 e. The van der Waals surface area contributed by atoms with Crippen LogP contribution in [-0.2, 0) is 9.59 Å². The Labute approximate surface area is 225 Å². The lowest BCUT2D eigenvalue weighted by molar-refractivity contribution is -0.135. The van der Waals surface area contributed by atoms with Crippen molar-refractivity contribution in [3.8, 4) is 33.8 Å². The van der Waals surface area contributed by atoms with Crippen LogP contribution in [0.25, 0.3) is 22.3 Å². The van der Waals surface area contributed by atoms with Gasteiger partial charge in [-0.15, -0.1) is 0 Å². The third-order valence-corrected chi connectivity index (χ3v) is 6.40. The van der Waals surface area contributed by atoms with Crippen LogP contribution in [0.4, 0.5) is 0 Å². The molecule has 0 atom stereocenters. The lowest BCUT2D eigenvalue weighted by Gasteiger charge is -2.10. The molecule has 0 N–H and O–H groups in total. The van der Waals surface area contributed by atoms with E-state index >= 15 is 0 Å². The molecule has 4 aromatic rings. The lowest BCUT2D eigenvalue weighted by Crippen LogP contribution is -2.08. The van der Waals surface area contributed by atoms with Gasteiger partial charge in [-0.1, -0.05) is 123 Å². The zero-order valence-corrected chi connectivity index (χ0v) is 21.7. The lowest BCUT2D eigenvalue weighted by atomic mass is 10.0. The number of hydrogen-bond acceptors (Lipinski definition) is 4. The molecule has 0 heterocycles. The molecule has 0 bridgehead atoms. The van der Waals surface area contributed by atoms with Crippen LogP contribution in [0, 0.1) is 0 Å². The van der Waals surface area contributed by atoms with Crippen LogP contribution in [-0.4, -0.2) is 11.9 Å². The Balaban J connectivity index is 1.10. The summed E-state index contributed by atoms with van der Waals surface area (Å²) in [6.45, 7) is 0. The Morgan fingerprint density at radius 2 is 0.763 bits per heavy atom. The molecule has 0 spiro atoms. The maximum absolute atomic E-state index is 12.4. The molecule has 0 aliphatic heterocycles. The van der Waals surface area contributed by atoms with Crippen molar-refractivity contribution < 1.29 is 19.1 Å². The fourth-order valence-corrected chi connectivity index (χ4v) is 4.42. The van der Waals surface area contributed by atoms with Gasteiger partial charge in [0.2, 0.25) is 0 Å². The van der Waals surface area contributed by atoms with Crippen molar-refractivity contribution in [2.45, 2.75) is 51.4 Å². The van der Waals surface area contributed by atoms with Crippen LogP contribution in [0.2, 0.25) is 0 Å². The molecule has 0 aliphatic rings. The van der Waals surface area contributed by atoms with E-state index < -0.39 is 0 Å². The van der Waals surface area contributed by atoms with Gasteiger partial charge in [-0.25, -0.2) is 0 Å². The van der Waals surface area contributed by atoms with Crippen molar-refractivity contribution in [3.05, 3.63) is 109 Å². The highest BCUT2D eigenvalue weighted by Gasteiger charge is 2.12. The number of hydrogen-bond donors (Lipinski definition) is 0.